The molecule has 1 aliphatic rings. The number of likely N-dealkylation sites (tertiary alicyclic amines) is 1. The van der Waals surface area contributed by atoms with E-state index in [1.165, 1.54) is 6.07 Å². The second kappa shape index (κ2) is 5.00. The smallest absolute Gasteiger partial charge is 0.406 e. The molecule has 0 spiro atoms. The van der Waals surface area contributed by atoms with Crippen LogP contribution in [-0.2, 0) is 4.79 Å². The number of aromatic amines is 1. The van der Waals surface area contributed by atoms with Crippen molar-refractivity contribution in [3.8, 4) is 0 Å². The molecule has 1 amide bonds. The van der Waals surface area contributed by atoms with E-state index < -0.39 is 36.4 Å². The van der Waals surface area contributed by atoms with E-state index in [1.807, 2.05) is 0 Å². The van der Waals surface area contributed by atoms with Gasteiger partial charge in [-0.2, -0.15) is 13.2 Å². The van der Waals surface area contributed by atoms with Gasteiger partial charge in [-0.15, -0.1) is 0 Å². The third-order valence-electron chi connectivity index (χ3n) is 4.31. The Hall–Kier alpha value is -2.51. The summed E-state index contributed by atoms with van der Waals surface area (Å²) in [6.07, 6.45) is -3.85. The minimum atomic E-state index is -4.90. The van der Waals surface area contributed by atoms with Crippen molar-refractivity contribution in [3.63, 3.8) is 0 Å². The molecule has 1 fully saturated rings. The molecular weight excluding hydrogens is 313 g/mol. The van der Waals surface area contributed by atoms with E-state index in [4.69, 9.17) is 5.11 Å². The van der Waals surface area contributed by atoms with E-state index in [0.717, 1.165) is 15.8 Å². The van der Waals surface area contributed by atoms with Crippen molar-refractivity contribution in [1.82, 2.24) is 9.88 Å². The number of halogens is 3. The number of rotatable bonds is 2. The molecule has 1 aromatic heterocycles. The van der Waals surface area contributed by atoms with Gasteiger partial charge in [0.1, 0.15) is 0 Å². The van der Waals surface area contributed by atoms with Crippen molar-refractivity contribution in [2.75, 3.05) is 13.1 Å². The first-order valence-corrected chi connectivity index (χ1v) is 6.91. The average molecular weight is 326 g/mol. The second-order valence-electron chi connectivity index (χ2n) is 5.64. The number of amides is 1. The highest BCUT2D eigenvalue weighted by atomic mass is 19.4. The monoisotopic (exact) mass is 326 g/mol. The average Bonchev–Trinajstić information content (AvgIpc) is 3.12. The predicted molar refractivity (Wildman–Crippen MR) is 74.9 cm³/mol. The number of benzene rings is 1. The summed E-state index contributed by atoms with van der Waals surface area (Å²) >= 11 is 0. The quantitative estimate of drug-likeness (QED) is 0.891. The van der Waals surface area contributed by atoms with Gasteiger partial charge in [0.15, 0.2) is 5.41 Å². The molecule has 1 saturated heterocycles. The predicted octanol–water partition coefficient (Wildman–Crippen LogP) is 2.65. The van der Waals surface area contributed by atoms with Crippen molar-refractivity contribution in [3.05, 3.63) is 36.0 Å². The van der Waals surface area contributed by atoms with Crippen molar-refractivity contribution < 1.29 is 27.9 Å². The normalized spacial score (nSPS) is 21.8. The van der Waals surface area contributed by atoms with Crippen molar-refractivity contribution in [1.29, 1.82) is 0 Å². The van der Waals surface area contributed by atoms with Crippen LogP contribution in [-0.4, -0.2) is 46.1 Å². The summed E-state index contributed by atoms with van der Waals surface area (Å²) in [6, 6.07) is 6.48. The number of carboxylic acid groups (broad SMARTS) is 1. The zero-order valence-corrected chi connectivity index (χ0v) is 11.9. The first kappa shape index (κ1) is 15.4. The van der Waals surface area contributed by atoms with E-state index >= 15 is 0 Å². The van der Waals surface area contributed by atoms with Crippen LogP contribution in [0.15, 0.2) is 30.5 Å². The highest BCUT2D eigenvalue weighted by molar-refractivity contribution is 5.98. The molecule has 1 atom stereocenters. The summed E-state index contributed by atoms with van der Waals surface area (Å²) in [5, 5.41) is 9.78. The number of alkyl halides is 3. The molecule has 2 aromatic rings. The van der Waals surface area contributed by atoms with Crippen LogP contribution < -0.4 is 0 Å². The molecule has 8 heteroatoms. The molecule has 0 radical (unpaired) electrons. The maximum Gasteiger partial charge on any atom is 0.406 e. The summed E-state index contributed by atoms with van der Waals surface area (Å²) < 4.78 is 39.4. The molecule has 2 heterocycles. The Morgan fingerprint density at radius 3 is 2.61 bits per heavy atom. The van der Waals surface area contributed by atoms with E-state index in [-0.39, 0.29) is 12.1 Å². The second-order valence-corrected chi connectivity index (χ2v) is 5.64. The Balaban J connectivity index is 1.88. The third kappa shape index (κ3) is 2.34. The molecule has 0 bridgehead atoms. The number of hydrogen-bond donors (Lipinski definition) is 2. The summed E-state index contributed by atoms with van der Waals surface area (Å²) in [6.45, 7) is -1.11. The first-order valence-electron chi connectivity index (χ1n) is 6.91. The van der Waals surface area contributed by atoms with Crippen LogP contribution in [0.2, 0.25) is 0 Å². The number of nitrogens with one attached hydrogen (secondary N) is 1. The van der Waals surface area contributed by atoms with Crippen molar-refractivity contribution in [2.24, 2.45) is 5.41 Å². The molecule has 5 nitrogen and oxygen atoms in total. The van der Waals surface area contributed by atoms with Gasteiger partial charge in [-0.1, -0.05) is 0 Å². The summed E-state index contributed by atoms with van der Waals surface area (Å²) in [4.78, 5) is 27.5. The number of H-pyrrole nitrogens is 1. The highest BCUT2D eigenvalue weighted by Gasteiger charge is 2.64. The topological polar surface area (TPSA) is 73.4 Å². The fourth-order valence-electron chi connectivity index (χ4n) is 2.88. The Labute approximate surface area is 128 Å². The maximum atomic E-state index is 13.1. The summed E-state index contributed by atoms with van der Waals surface area (Å²) in [5.41, 5.74) is -1.85. The number of carbonyl (C=O) groups is 2. The van der Waals surface area contributed by atoms with Crippen LogP contribution in [0.3, 0.4) is 0 Å². The Bertz CT molecular complexity index is 784. The number of aliphatic carboxylic acids is 1. The highest BCUT2D eigenvalue weighted by Crippen LogP contribution is 2.46. The lowest BCUT2D eigenvalue weighted by Gasteiger charge is -2.27. The molecule has 2 N–H and O–H groups in total. The number of carboxylic acids is 1. The van der Waals surface area contributed by atoms with Gasteiger partial charge in [-0.3, -0.25) is 9.59 Å². The number of carbonyl (C=O) groups excluding carboxylic acids is 1. The van der Waals surface area contributed by atoms with Gasteiger partial charge >= 0.3 is 12.1 Å². The van der Waals surface area contributed by atoms with Gasteiger partial charge in [-0.25, -0.2) is 0 Å². The van der Waals surface area contributed by atoms with Crippen LogP contribution in [0.4, 0.5) is 13.2 Å². The van der Waals surface area contributed by atoms with Gasteiger partial charge in [0.25, 0.3) is 5.91 Å². The molecule has 122 valence electrons. The van der Waals surface area contributed by atoms with Gasteiger partial charge in [0.05, 0.1) is 0 Å². The molecule has 1 aromatic carbocycles. The van der Waals surface area contributed by atoms with Gasteiger partial charge < -0.3 is 15.0 Å². The minimum Gasteiger partial charge on any atom is -0.481 e. The summed E-state index contributed by atoms with van der Waals surface area (Å²) in [7, 11) is 0. The largest absolute Gasteiger partial charge is 0.481 e. The maximum absolute atomic E-state index is 13.1. The Morgan fingerprint density at radius 2 is 2.00 bits per heavy atom. The lowest BCUT2D eigenvalue weighted by atomic mass is 9.86. The Morgan fingerprint density at radius 1 is 1.26 bits per heavy atom. The van der Waals surface area contributed by atoms with Crippen molar-refractivity contribution >= 4 is 22.8 Å². The minimum absolute atomic E-state index is 0.237. The molecule has 0 saturated carbocycles. The van der Waals surface area contributed by atoms with E-state index in [9.17, 15) is 22.8 Å². The van der Waals surface area contributed by atoms with Crippen molar-refractivity contribution in [2.45, 2.75) is 12.6 Å². The van der Waals surface area contributed by atoms with Gasteiger partial charge in [0.2, 0.25) is 0 Å². The van der Waals surface area contributed by atoms with Crippen LogP contribution in [0.1, 0.15) is 16.8 Å². The number of aromatic nitrogens is 1. The van der Waals surface area contributed by atoms with Crippen LogP contribution in [0.5, 0.6) is 0 Å². The fourth-order valence-corrected chi connectivity index (χ4v) is 2.88. The van der Waals surface area contributed by atoms with Crippen LogP contribution in [0.25, 0.3) is 10.9 Å². The standard InChI is InChI=1S/C15H13F3N2O3/c16-15(17,18)14(13(22)23)4-6-20(8-14)12(21)10-1-2-11-9(7-10)3-5-19-11/h1-3,5,7,19H,4,6,8H2,(H,22,23). The van der Waals surface area contributed by atoms with Crippen LogP contribution in [0, 0.1) is 5.41 Å². The number of fused-ring (bicyclic) bond motifs is 1. The lowest BCUT2D eigenvalue weighted by Crippen LogP contribution is -2.47. The zero-order valence-electron chi connectivity index (χ0n) is 11.9. The molecule has 1 unspecified atom stereocenters. The summed E-state index contributed by atoms with van der Waals surface area (Å²) in [5.74, 6) is -2.54. The molecule has 1 aliphatic heterocycles. The molecular formula is C15H13F3N2O3. The van der Waals surface area contributed by atoms with Gasteiger partial charge in [-0.05, 0) is 30.7 Å². The first-order chi connectivity index (χ1) is 10.7. The van der Waals surface area contributed by atoms with Gasteiger partial charge in [0, 0.05) is 35.8 Å². The molecule has 3 rings (SSSR count). The lowest BCUT2D eigenvalue weighted by molar-refractivity contribution is -0.227. The fraction of sp³-hybridized carbons (Fsp3) is 0.333. The third-order valence-corrected chi connectivity index (χ3v) is 4.31. The SMILES string of the molecule is O=C(c1ccc2[nH]ccc2c1)N1CCC(C(=O)O)(C(F)(F)F)C1. The van der Waals surface area contributed by atoms with Crippen LogP contribution >= 0.6 is 0 Å². The molecule has 0 aliphatic carbocycles. The molecule has 23 heavy (non-hydrogen) atoms. The van der Waals surface area contributed by atoms with E-state index in [2.05, 4.69) is 4.98 Å². The van der Waals surface area contributed by atoms with E-state index in [0.29, 0.717) is 0 Å². The van der Waals surface area contributed by atoms with E-state index in [1.54, 1.807) is 24.4 Å². The zero-order chi connectivity index (χ0) is 16.8. The number of nitrogens with zero attached hydrogens (tertiary/aromatic N) is 1. The number of hydrogen-bond acceptors (Lipinski definition) is 2. The Kier molecular flexibility index (Phi) is 3.35.